The van der Waals surface area contributed by atoms with Gasteiger partial charge in [0.25, 0.3) is 0 Å². The van der Waals surface area contributed by atoms with Crippen LogP contribution in [-0.2, 0) is 22.6 Å². The van der Waals surface area contributed by atoms with Gasteiger partial charge in [-0.05, 0) is 18.2 Å². The molecule has 0 aliphatic carbocycles. The maximum absolute atomic E-state index is 13.6. The number of aryl methyl sites for hydroxylation is 1. The highest BCUT2D eigenvalue weighted by molar-refractivity contribution is 7.90. The molecule has 1 aromatic heterocycles. The summed E-state index contributed by atoms with van der Waals surface area (Å²) in [7, 11) is -2.24. The molecule has 0 bridgehead atoms. The molecule has 1 heterocycles. The van der Waals surface area contributed by atoms with Gasteiger partial charge < -0.3 is 5.73 Å². The van der Waals surface area contributed by atoms with Gasteiger partial charge in [0.2, 0.25) is 0 Å². The zero-order valence-electron chi connectivity index (χ0n) is 9.54. The van der Waals surface area contributed by atoms with Gasteiger partial charge in [-0.2, -0.15) is 5.10 Å². The van der Waals surface area contributed by atoms with Crippen molar-refractivity contribution in [1.82, 2.24) is 14.8 Å². The average Bonchev–Trinajstić information content (AvgIpc) is 2.63. The van der Waals surface area contributed by atoms with E-state index in [9.17, 15) is 12.8 Å². The predicted molar refractivity (Wildman–Crippen MR) is 62.7 cm³/mol. The Morgan fingerprint density at radius 2 is 2.17 bits per heavy atom. The highest BCUT2D eigenvalue weighted by Gasteiger charge is 2.22. The minimum absolute atomic E-state index is 0.171. The van der Waals surface area contributed by atoms with Crippen molar-refractivity contribution in [2.24, 2.45) is 7.05 Å². The van der Waals surface area contributed by atoms with Crippen molar-refractivity contribution in [3.05, 3.63) is 36.2 Å². The molecule has 2 aromatic rings. The highest BCUT2D eigenvalue weighted by atomic mass is 32.2. The van der Waals surface area contributed by atoms with E-state index in [-0.39, 0.29) is 16.4 Å². The van der Waals surface area contributed by atoms with Crippen LogP contribution in [0.2, 0.25) is 0 Å². The minimum Gasteiger partial charge on any atom is -0.399 e. The molecule has 2 N–H and O–H groups in total. The monoisotopic (exact) mass is 270 g/mol. The molecule has 0 amide bonds. The molecule has 0 aliphatic heterocycles. The number of anilines is 1. The van der Waals surface area contributed by atoms with E-state index in [4.69, 9.17) is 5.73 Å². The smallest absolute Gasteiger partial charge is 0.188 e. The molecule has 1 aromatic carbocycles. The van der Waals surface area contributed by atoms with Crippen LogP contribution in [0.5, 0.6) is 0 Å². The normalized spacial score (nSPS) is 11.7. The van der Waals surface area contributed by atoms with Gasteiger partial charge in [0.1, 0.15) is 28.6 Å². The van der Waals surface area contributed by atoms with Crippen molar-refractivity contribution in [3.63, 3.8) is 0 Å². The Morgan fingerprint density at radius 3 is 2.72 bits per heavy atom. The van der Waals surface area contributed by atoms with E-state index in [0.29, 0.717) is 0 Å². The van der Waals surface area contributed by atoms with Crippen LogP contribution in [0.15, 0.2) is 29.4 Å². The molecule has 0 aliphatic rings. The summed E-state index contributed by atoms with van der Waals surface area (Å²) in [5.74, 6) is -1.03. The van der Waals surface area contributed by atoms with Gasteiger partial charge in [-0.25, -0.2) is 17.8 Å². The van der Waals surface area contributed by atoms with E-state index in [0.717, 1.165) is 12.1 Å². The molecule has 6 nitrogen and oxygen atoms in total. The lowest BCUT2D eigenvalue weighted by Crippen LogP contribution is -2.11. The molecule has 0 spiro atoms. The van der Waals surface area contributed by atoms with Gasteiger partial charge in [-0.1, -0.05) is 0 Å². The van der Waals surface area contributed by atoms with Gasteiger partial charge in [0.15, 0.2) is 9.84 Å². The fourth-order valence-electron chi connectivity index (χ4n) is 1.47. The summed E-state index contributed by atoms with van der Waals surface area (Å²) in [5.41, 5.74) is 5.54. The first kappa shape index (κ1) is 12.5. The fraction of sp³-hybridized carbons (Fsp3) is 0.200. The number of sulfone groups is 1. The lowest BCUT2D eigenvalue weighted by atomic mass is 10.3. The Bertz CT molecular complexity index is 681. The van der Waals surface area contributed by atoms with Gasteiger partial charge in [0.05, 0.1) is 0 Å². The molecule has 0 saturated heterocycles. The molecule has 0 saturated carbocycles. The van der Waals surface area contributed by atoms with Crippen LogP contribution in [0.4, 0.5) is 10.1 Å². The zero-order chi connectivity index (χ0) is 13.3. The molecule has 0 atom stereocenters. The quantitative estimate of drug-likeness (QED) is 0.821. The fourth-order valence-corrected chi connectivity index (χ4v) is 2.86. The second-order valence-corrected chi connectivity index (χ2v) is 5.71. The largest absolute Gasteiger partial charge is 0.399 e. The summed E-state index contributed by atoms with van der Waals surface area (Å²) in [6.45, 7) is 0. The minimum atomic E-state index is -3.81. The van der Waals surface area contributed by atoms with Crippen LogP contribution in [0.3, 0.4) is 0 Å². The number of halogens is 1. The van der Waals surface area contributed by atoms with E-state index >= 15 is 0 Å². The van der Waals surface area contributed by atoms with Crippen LogP contribution in [0.1, 0.15) is 5.82 Å². The van der Waals surface area contributed by atoms with Crippen molar-refractivity contribution in [2.75, 3.05) is 5.73 Å². The van der Waals surface area contributed by atoms with E-state index < -0.39 is 21.4 Å². The van der Waals surface area contributed by atoms with E-state index in [1.165, 1.54) is 17.1 Å². The highest BCUT2D eigenvalue weighted by Crippen LogP contribution is 2.20. The van der Waals surface area contributed by atoms with E-state index in [1.54, 1.807) is 7.05 Å². The Balaban J connectivity index is 2.40. The van der Waals surface area contributed by atoms with Crippen molar-refractivity contribution < 1.29 is 12.8 Å². The Hall–Kier alpha value is -1.96. The lowest BCUT2D eigenvalue weighted by molar-refractivity contribution is 0.564. The SMILES string of the molecule is Cn1ncnc1CS(=O)(=O)c1ccc(N)cc1F. The third kappa shape index (κ3) is 2.33. The summed E-state index contributed by atoms with van der Waals surface area (Å²) in [4.78, 5) is 3.41. The van der Waals surface area contributed by atoms with Gasteiger partial charge >= 0.3 is 0 Å². The summed E-state index contributed by atoms with van der Waals surface area (Å²) >= 11 is 0. The Kier molecular flexibility index (Phi) is 3.04. The Morgan fingerprint density at radius 1 is 1.44 bits per heavy atom. The second-order valence-electron chi connectivity index (χ2n) is 3.75. The number of nitrogen functional groups attached to an aromatic ring is 1. The number of nitrogens with two attached hydrogens (primary N) is 1. The van der Waals surface area contributed by atoms with Gasteiger partial charge in [0, 0.05) is 12.7 Å². The summed E-state index contributed by atoms with van der Waals surface area (Å²) < 4.78 is 38.9. The summed E-state index contributed by atoms with van der Waals surface area (Å²) in [6.07, 6.45) is 1.24. The maximum atomic E-state index is 13.6. The molecule has 96 valence electrons. The number of aromatic nitrogens is 3. The van der Waals surface area contributed by atoms with Crippen molar-refractivity contribution in [2.45, 2.75) is 10.6 Å². The summed E-state index contributed by atoms with van der Waals surface area (Å²) in [6, 6.07) is 3.46. The standard InChI is InChI=1S/C10H11FN4O2S/c1-15-10(13-6-14-15)5-18(16,17)9-3-2-7(12)4-8(9)11/h2-4,6H,5,12H2,1H3. The molecular weight excluding hydrogens is 259 g/mol. The second kappa shape index (κ2) is 4.37. The van der Waals surface area contributed by atoms with Crippen LogP contribution in [0.25, 0.3) is 0 Å². The number of benzene rings is 1. The maximum Gasteiger partial charge on any atom is 0.188 e. The predicted octanol–water partition coefficient (Wildman–Crippen LogP) is 0.510. The number of rotatable bonds is 3. The van der Waals surface area contributed by atoms with E-state index in [2.05, 4.69) is 10.1 Å². The van der Waals surface area contributed by atoms with Crippen LogP contribution in [0, 0.1) is 5.82 Å². The van der Waals surface area contributed by atoms with Gasteiger partial charge in [-0.15, -0.1) is 0 Å². The number of hydrogen-bond acceptors (Lipinski definition) is 5. The first-order valence-corrected chi connectivity index (χ1v) is 6.66. The molecule has 0 unspecified atom stereocenters. The lowest BCUT2D eigenvalue weighted by Gasteiger charge is -2.05. The molecular formula is C10H11FN4O2S. The zero-order valence-corrected chi connectivity index (χ0v) is 10.4. The number of nitrogens with zero attached hydrogens (tertiary/aromatic N) is 3. The summed E-state index contributed by atoms with van der Waals surface area (Å²) in [5, 5.41) is 3.76. The molecule has 18 heavy (non-hydrogen) atoms. The van der Waals surface area contributed by atoms with Crippen molar-refractivity contribution in [1.29, 1.82) is 0 Å². The first-order valence-electron chi connectivity index (χ1n) is 5.01. The van der Waals surface area contributed by atoms with Crippen molar-refractivity contribution >= 4 is 15.5 Å². The van der Waals surface area contributed by atoms with Crippen molar-refractivity contribution in [3.8, 4) is 0 Å². The number of hydrogen-bond donors (Lipinski definition) is 1. The van der Waals surface area contributed by atoms with Crippen LogP contribution >= 0.6 is 0 Å². The average molecular weight is 270 g/mol. The Labute approximate surface area is 103 Å². The van der Waals surface area contributed by atoms with Crippen LogP contribution in [-0.4, -0.2) is 23.2 Å². The van der Waals surface area contributed by atoms with Crippen LogP contribution < -0.4 is 5.73 Å². The topological polar surface area (TPSA) is 90.9 Å². The third-order valence-corrected chi connectivity index (χ3v) is 4.05. The molecule has 8 heteroatoms. The molecule has 0 fully saturated rings. The van der Waals surface area contributed by atoms with E-state index in [1.807, 2.05) is 0 Å². The molecule has 2 rings (SSSR count). The molecule has 0 radical (unpaired) electrons. The third-order valence-electron chi connectivity index (χ3n) is 2.42. The van der Waals surface area contributed by atoms with Gasteiger partial charge in [-0.3, -0.25) is 4.68 Å². The first-order chi connectivity index (χ1) is 8.40.